The number of nitro benzene ring substituents is 1. The Morgan fingerprint density at radius 2 is 1.83 bits per heavy atom. The van der Waals surface area contributed by atoms with Gasteiger partial charge in [-0.05, 0) is 31.7 Å². The third kappa shape index (κ3) is 4.49. The van der Waals surface area contributed by atoms with Crippen molar-refractivity contribution in [1.29, 1.82) is 0 Å². The van der Waals surface area contributed by atoms with Gasteiger partial charge in [0, 0.05) is 5.56 Å². The van der Waals surface area contributed by atoms with E-state index in [4.69, 9.17) is 0 Å². The zero-order valence-electron chi connectivity index (χ0n) is 13.4. The van der Waals surface area contributed by atoms with Gasteiger partial charge in [-0.1, -0.05) is 26.0 Å². The largest absolute Gasteiger partial charge is 0.480 e. The number of aryl methyl sites for hydroxylation is 2. The Hall–Kier alpha value is -2.00. The summed E-state index contributed by atoms with van der Waals surface area (Å²) in [4.78, 5) is 21.2. The lowest BCUT2D eigenvalue weighted by molar-refractivity contribution is -0.388. The molecule has 0 radical (unpaired) electrons. The van der Waals surface area contributed by atoms with Crippen LogP contribution in [0.2, 0.25) is 0 Å². The van der Waals surface area contributed by atoms with Crippen LogP contribution in [-0.2, 0) is 14.8 Å². The third-order valence-electron chi connectivity index (χ3n) is 3.28. The second kappa shape index (κ2) is 7.05. The average Bonchev–Trinajstić information content (AvgIpc) is 2.38. The van der Waals surface area contributed by atoms with Crippen LogP contribution in [0.25, 0.3) is 0 Å². The van der Waals surface area contributed by atoms with E-state index >= 15 is 0 Å². The van der Waals surface area contributed by atoms with Gasteiger partial charge in [0.2, 0.25) is 10.0 Å². The summed E-state index contributed by atoms with van der Waals surface area (Å²) in [6.07, 6.45) is 0.0766. The summed E-state index contributed by atoms with van der Waals surface area (Å²) in [5.41, 5.74) is -0.161. The van der Waals surface area contributed by atoms with Gasteiger partial charge in [-0.3, -0.25) is 14.9 Å². The third-order valence-corrected chi connectivity index (χ3v) is 4.93. The minimum Gasteiger partial charge on any atom is -0.480 e. The van der Waals surface area contributed by atoms with E-state index < -0.39 is 37.5 Å². The van der Waals surface area contributed by atoms with Crippen molar-refractivity contribution in [2.45, 2.75) is 45.1 Å². The highest BCUT2D eigenvalue weighted by Crippen LogP contribution is 2.30. The first-order valence-electron chi connectivity index (χ1n) is 6.97. The van der Waals surface area contributed by atoms with E-state index in [1.807, 2.05) is 0 Å². The van der Waals surface area contributed by atoms with Crippen LogP contribution in [0.4, 0.5) is 5.69 Å². The molecular formula is C14H20N2O6S. The van der Waals surface area contributed by atoms with Crippen molar-refractivity contribution in [2.75, 3.05) is 0 Å². The first kappa shape index (κ1) is 19.0. The van der Waals surface area contributed by atoms with Crippen LogP contribution < -0.4 is 4.72 Å². The van der Waals surface area contributed by atoms with Crippen LogP contribution in [0.5, 0.6) is 0 Å². The molecule has 1 aromatic rings. The molecule has 0 saturated heterocycles. The lowest BCUT2D eigenvalue weighted by Crippen LogP contribution is -2.42. The Labute approximate surface area is 134 Å². The maximum absolute atomic E-state index is 12.5. The fourth-order valence-electron chi connectivity index (χ4n) is 2.25. The molecule has 128 valence electrons. The summed E-state index contributed by atoms with van der Waals surface area (Å²) in [6, 6.07) is 1.56. The molecule has 0 saturated carbocycles. The number of carboxylic acid groups (broad SMARTS) is 1. The van der Waals surface area contributed by atoms with Crippen molar-refractivity contribution in [3.63, 3.8) is 0 Å². The van der Waals surface area contributed by atoms with Crippen molar-refractivity contribution in [3.05, 3.63) is 33.4 Å². The van der Waals surface area contributed by atoms with Crippen LogP contribution in [0.3, 0.4) is 0 Å². The monoisotopic (exact) mass is 344 g/mol. The number of carbonyl (C=O) groups is 1. The van der Waals surface area contributed by atoms with Crippen molar-refractivity contribution < 1.29 is 23.2 Å². The number of nitro groups is 1. The van der Waals surface area contributed by atoms with Crippen LogP contribution in [0.15, 0.2) is 17.0 Å². The van der Waals surface area contributed by atoms with E-state index in [0.717, 1.165) is 0 Å². The highest BCUT2D eigenvalue weighted by atomic mass is 32.2. The molecule has 0 amide bonds. The second-order valence-electron chi connectivity index (χ2n) is 5.78. The van der Waals surface area contributed by atoms with Gasteiger partial charge in [0.25, 0.3) is 5.69 Å². The van der Waals surface area contributed by atoms with Gasteiger partial charge in [0.1, 0.15) is 6.04 Å². The fraction of sp³-hybridized carbons (Fsp3) is 0.500. The normalized spacial score (nSPS) is 13.1. The summed E-state index contributed by atoms with van der Waals surface area (Å²) >= 11 is 0. The second-order valence-corrected chi connectivity index (χ2v) is 7.43. The number of hydrogen-bond donors (Lipinski definition) is 2. The number of aliphatic carboxylic acids is 1. The maximum Gasteiger partial charge on any atom is 0.321 e. The smallest absolute Gasteiger partial charge is 0.321 e. The molecule has 0 aliphatic rings. The Morgan fingerprint density at radius 1 is 1.30 bits per heavy atom. The molecule has 0 aliphatic heterocycles. The predicted molar refractivity (Wildman–Crippen MR) is 83.8 cm³/mol. The highest BCUT2D eigenvalue weighted by molar-refractivity contribution is 7.89. The molecule has 8 nitrogen and oxygen atoms in total. The van der Waals surface area contributed by atoms with Gasteiger partial charge in [-0.2, -0.15) is 4.72 Å². The number of nitrogens with one attached hydrogen (secondary N) is 1. The minimum absolute atomic E-state index is 0.0626. The number of hydrogen-bond acceptors (Lipinski definition) is 5. The summed E-state index contributed by atoms with van der Waals surface area (Å²) < 4.78 is 27.2. The Kier molecular flexibility index (Phi) is 5.84. The van der Waals surface area contributed by atoms with Gasteiger partial charge in [-0.25, -0.2) is 8.42 Å². The molecule has 1 atom stereocenters. The van der Waals surface area contributed by atoms with Gasteiger partial charge in [0.05, 0.1) is 4.92 Å². The number of nitrogens with zero attached hydrogens (tertiary/aromatic N) is 1. The number of sulfonamides is 1. The Bertz CT molecular complexity index is 727. The first-order chi connectivity index (χ1) is 10.5. The lowest BCUT2D eigenvalue weighted by Gasteiger charge is -2.18. The van der Waals surface area contributed by atoms with E-state index in [2.05, 4.69) is 4.72 Å². The van der Waals surface area contributed by atoms with E-state index in [1.54, 1.807) is 13.8 Å². The average molecular weight is 344 g/mol. The minimum atomic E-state index is -4.35. The molecule has 0 aromatic heterocycles. The van der Waals surface area contributed by atoms with E-state index in [1.165, 1.54) is 26.0 Å². The van der Waals surface area contributed by atoms with Crippen molar-refractivity contribution in [3.8, 4) is 0 Å². The zero-order valence-corrected chi connectivity index (χ0v) is 14.2. The Balaban J connectivity index is 3.41. The topological polar surface area (TPSA) is 127 Å². The van der Waals surface area contributed by atoms with Gasteiger partial charge in [0.15, 0.2) is 4.90 Å². The molecule has 23 heavy (non-hydrogen) atoms. The quantitative estimate of drug-likeness (QED) is 0.575. The van der Waals surface area contributed by atoms with Crippen LogP contribution in [0, 0.1) is 29.9 Å². The highest BCUT2D eigenvalue weighted by Gasteiger charge is 2.33. The first-order valence-corrected chi connectivity index (χ1v) is 8.45. The molecule has 0 spiro atoms. The maximum atomic E-state index is 12.5. The molecule has 0 aliphatic carbocycles. The van der Waals surface area contributed by atoms with E-state index in [9.17, 15) is 28.4 Å². The lowest BCUT2D eigenvalue weighted by atomic mass is 10.1. The molecular weight excluding hydrogens is 324 g/mol. The molecule has 0 heterocycles. The van der Waals surface area contributed by atoms with E-state index in [-0.39, 0.29) is 23.5 Å². The van der Waals surface area contributed by atoms with Gasteiger partial charge >= 0.3 is 5.97 Å². The standard InChI is InChI=1S/C14H20N2O6S/c1-8(2)7-11(14(17)18)15-23(21,22)13-10(4)6-5-9(3)12(13)16(19)20/h5-6,8,11,15H,7H2,1-4H3,(H,17,18)/t11-/m1/s1. The molecule has 1 aromatic carbocycles. The summed E-state index contributed by atoms with van der Waals surface area (Å²) in [6.45, 7) is 6.37. The van der Waals surface area contributed by atoms with E-state index in [0.29, 0.717) is 0 Å². The van der Waals surface area contributed by atoms with Gasteiger partial charge in [-0.15, -0.1) is 0 Å². The molecule has 0 bridgehead atoms. The van der Waals surface area contributed by atoms with Crippen molar-refractivity contribution in [2.24, 2.45) is 5.92 Å². The van der Waals surface area contributed by atoms with Crippen LogP contribution in [-0.4, -0.2) is 30.5 Å². The molecule has 1 rings (SSSR count). The van der Waals surface area contributed by atoms with Crippen LogP contribution >= 0.6 is 0 Å². The van der Waals surface area contributed by atoms with Crippen molar-refractivity contribution in [1.82, 2.24) is 4.72 Å². The molecule has 0 fully saturated rings. The summed E-state index contributed by atoms with van der Waals surface area (Å²) in [5.74, 6) is -1.39. The molecule has 9 heteroatoms. The summed E-state index contributed by atoms with van der Waals surface area (Å²) in [7, 11) is -4.35. The van der Waals surface area contributed by atoms with Crippen LogP contribution in [0.1, 0.15) is 31.4 Å². The SMILES string of the molecule is Cc1ccc(C)c(S(=O)(=O)N[C@H](CC(C)C)C(=O)O)c1[N+](=O)[O-]. The Morgan fingerprint density at radius 3 is 2.26 bits per heavy atom. The fourth-order valence-corrected chi connectivity index (χ4v) is 3.92. The molecule has 0 unspecified atom stereocenters. The number of benzene rings is 1. The number of carboxylic acids is 1. The zero-order chi connectivity index (χ0) is 17.9. The molecule has 2 N–H and O–H groups in total. The predicted octanol–water partition coefficient (Wildman–Crippen LogP) is 1.99. The number of rotatable bonds is 7. The van der Waals surface area contributed by atoms with Crippen molar-refractivity contribution >= 4 is 21.7 Å². The summed E-state index contributed by atoms with van der Waals surface area (Å²) in [5, 5.41) is 20.4. The van der Waals surface area contributed by atoms with Gasteiger partial charge < -0.3 is 5.11 Å².